The molecule has 1 fully saturated rings. The molecule has 0 aliphatic carbocycles. The number of amides is 2. The highest BCUT2D eigenvalue weighted by atomic mass is 16.5. The summed E-state index contributed by atoms with van der Waals surface area (Å²) in [5, 5.41) is 0. The Bertz CT molecular complexity index is 500. The van der Waals surface area contributed by atoms with Crippen molar-refractivity contribution in [2.75, 3.05) is 19.8 Å². The molecule has 100 valence electrons. The number of imide groups is 1. The first-order valence-corrected chi connectivity index (χ1v) is 6.43. The second-order valence-electron chi connectivity index (χ2n) is 5.22. The van der Waals surface area contributed by atoms with Gasteiger partial charge in [0.05, 0.1) is 11.1 Å². The summed E-state index contributed by atoms with van der Waals surface area (Å²) in [6.45, 7) is 1.43. The molecule has 5 heteroatoms. The van der Waals surface area contributed by atoms with Crippen LogP contribution in [0.1, 0.15) is 33.6 Å². The van der Waals surface area contributed by atoms with Crippen molar-refractivity contribution in [1.29, 1.82) is 0 Å². The Hall–Kier alpha value is -1.72. The SMILES string of the molecule is NC1(CN2C(=O)c3ccccc3C2=O)CCOCC1. The number of nitrogens with two attached hydrogens (primary N) is 1. The van der Waals surface area contributed by atoms with E-state index in [-0.39, 0.29) is 18.4 Å². The highest BCUT2D eigenvalue weighted by molar-refractivity contribution is 6.21. The number of carbonyl (C=O) groups excluding carboxylic acids is 2. The molecule has 1 saturated heterocycles. The maximum Gasteiger partial charge on any atom is 0.261 e. The minimum atomic E-state index is -0.522. The zero-order valence-corrected chi connectivity index (χ0v) is 10.6. The summed E-state index contributed by atoms with van der Waals surface area (Å²) in [6, 6.07) is 6.89. The fourth-order valence-corrected chi connectivity index (χ4v) is 2.63. The molecule has 0 atom stereocenters. The number of rotatable bonds is 2. The predicted octanol–water partition coefficient (Wildman–Crippen LogP) is 0.790. The van der Waals surface area contributed by atoms with Gasteiger partial charge in [0, 0.05) is 25.3 Å². The number of hydrogen-bond acceptors (Lipinski definition) is 4. The van der Waals surface area contributed by atoms with E-state index < -0.39 is 5.54 Å². The van der Waals surface area contributed by atoms with Crippen molar-refractivity contribution in [3.63, 3.8) is 0 Å². The average molecular weight is 260 g/mol. The molecule has 0 radical (unpaired) electrons. The van der Waals surface area contributed by atoms with Crippen LogP contribution in [0.3, 0.4) is 0 Å². The van der Waals surface area contributed by atoms with Gasteiger partial charge in [-0.2, -0.15) is 0 Å². The van der Waals surface area contributed by atoms with Gasteiger partial charge in [-0.25, -0.2) is 0 Å². The molecule has 2 amide bonds. The van der Waals surface area contributed by atoms with E-state index in [1.165, 1.54) is 4.90 Å². The largest absolute Gasteiger partial charge is 0.381 e. The molecule has 2 aliphatic rings. The van der Waals surface area contributed by atoms with Crippen LogP contribution in [-0.4, -0.2) is 42.0 Å². The Labute approximate surface area is 111 Å². The van der Waals surface area contributed by atoms with Gasteiger partial charge in [0.25, 0.3) is 11.8 Å². The standard InChI is InChI=1S/C14H16N2O3/c15-14(5-7-19-8-6-14)9-16-12(17)10-3-1-2-4-11(10)13(16)18/h1-4H,5-9,15H2. The van der Waals surface area contributed by atoms with Gasteiger partial charge in [0.15, 0.2) is 0 Å². The number of fused-ring (bicyclic) bond motifs is 1. The molecule has 19 heavy (non-hydrogen) atoms. The summed E-state index contributed by atoms with van der Waals surface area (Å²) >= 11 is 0. The monoisotopic (exact) mass is 260 g/mol. The van der Waals surface area contributed by atoms with Crippen molar-refractivity contribution >= 4 is 11.8 Å². The molecule has 0 aromatic heterocycles. The molecule has 0 bridgehead atoms. The van der Waals surface area contributed by atoms with E-state index in [0.717, 1.165) is 0 Å². The summed E-state index contributed by atoms with van der Waals surface area (Å²) in [4.78, 5) is 25.8. The molecule has 5 nitrogen and oxygen atoms in total. The highest BCUT2D eigenvalue weighted by Crippen LogP contribution is 2.26. The van der Waals surface area contributed by atoms with Crippen LogP contribution >= 0.6 is 0 Å². The van der Waals surface area contributed by atoms with Crippen LogP contribution in [0.5, 0.6) is 0 Å². The van der Waals surface area contributed by atoms with E-state index >= 15 is 0 Å². The van der Waals surface area contributed by atoms with Crippen molar-refractivity contribution in [2.45, 2.75) is 18.4 Å². The molecule has 3 rings (SSSR count). The van der Waals surface area contributed by atoms with Crippen molar-refractivity contribution in [3.05, 3.63) is 35.4 Å². The predicted molar refractivity (Wildman–Crippen MR) is 68.8 cm³/mol. The topological polar surface area (TPSA) is 72.6 Å². The summed E-state index contributed by atoms with van der Waals surface area (Å²) in [6.07, 6.45) is 1.33. The molecular weight excluding hydrogens is 244 g/mol. The van der Waals surface area contributed by atoms with E-state index in [1.807, 2.05) is 0 Å². The Morgan fingerprint density at radius 2 is 1.63 bits per heavy atom. The van der Waals surface area contributed by atoms with Crippen LogP contribution < -0.4 is 5.73 Å². The van der Waals surface area contributed by atoms with E-state index in [0.29, 0.717) is 37.2 Å². The third kappa shape index (κ3) is 2.05. The average Bonchev–Trinajstić information content (AvgIpc) is 2.65. The fourth-order valence-electron chi connectivity index (χ4n) is 2.63. The maximum atomic E-state index is 12.2. The summed E-state index contributed by atoms with van der Waals surface area (Å²) in [5.41, 5.74) is 6.70. The normalized spacial score (nSPS) is 21.6. The molecule has 1 aromatic rings. The fraction of sp³-hybridized carbons (Fsp3) is 0.429. The lowest BCUT2D eigenvalue weighted by molar-refractivity contribution is 0.0334. The van der Waals surface area contributed by atoms with Crippen LogP contribution in [0.2, 0.25) is 0 Å². The first kappa shape index (κ1) is 12.3. The third-order valence-electron chi connectivity index (χ3n) is 3.84. The number of carbonyl (C=O) groups is 2. The van der Waals surface area contributed by atoms with E-state index in [4.69, 9.17) is 10.5 Å². The first-order valence-electron chi connectivity index (χ1n) is 6.43. The molecular formula is C14H16N2O3. The smallest absolute Gasteiger partial charge is 0.261 e. The zero-order chi connectivity index (χ0) is 13.5. The highest BCUT2D eigenvalue weighted by Gasteiger charge is 2.40. The molecule has 2 N–H and O–H groups in total. The van der Waals surface area contributed by atoms with Crippen molar-refractivity contribution in [2.24, 2.45) is 5.73 Å². The van der Waals surface area contributed by atoms with Crippen LogP contribution in [0.25, 0.3) is 0 Å². The van der Waals surface area contributed by atoms with Gasteiger partial charge in [-0.15, -0.1) is 0 Å². The Morgan fingerprint density at radius 1 is 1.11 bits per heavy atom. The lowest BCUT2D eigenvalue weighted by Crippen LogP contribution is -2.54. The van der Waals surface area contributed by atoms with E-state index in [2.05, 4.69) is 0 Å². The van der Waals surface area contributed by atoms with Crippen LogP contribution in [0.15, 0.2) is 24.3 Å². The molecule has 2 heterocycles. The van der Waals surface area contributed by atoms with Gasteiger partial charge in [0.2, 0.25) is 0 Å². The van der Waals surface area contributed by atoms with Gasteiger partial charge in [-0.3, -0.25) is 14.5 Å². The maximum absolute atomic E-state index is 12.2. The number of ether oxygens (including phenoxy) is 1. The number of nitrogens with zero attached hydrogens (tertiary/aromatic N) is 1. The minimum absolute atomic E-state index is 0.239. The molecule has 2 aliphatic heterocycles. The van der Waals surface area contributed by atoms with Crippen LogP contribution in [0, 0.1) is 0 Å². The molecule has 0 unspecified atom stereocenters. The number of benzene rings is 1. The van der Waals surface area contributed by atoms with Gasteiger partial charge < -0.3 is 10.5 Å². The zero-order valence-electron chi connectivity index (χ0n) is 10.6. The quantitative estimate of drug-likeness (QED) is 0.798. The van der Waals surface area contributed by atoms with Gasteiger partial charge >= 0.3 is 0 Å². The van der Waals surface area contributed by atoms with E-state index in [9.17, 15) is 9.59 Å². The van der Waals surface area contributed by atoms with Gasteiger partial charge in [-0.1, -0.05) is 12.1 Å². The molecule has 1 aromatic carbocycles. The molecule has 0 spiro atoms. The van der Waals surface area contributed by atoms with Crippen molar-refractivity contribution < 1.29 is 14.3 Å². The first-order chi connectivity index (χ1) is 9.11. The van der Waals surface area contributed by atoms with Crippen molar-refractivity contribution in [3.8, 4) is 0 Å². The van der Waals surface area contributed by atoms with Crippen LogP contribution in [0.4, 0.5) is 0 Å². The number of hydrogen-bond donors (Lipinski definition) is 1. The minimum Gasteiger partial charge on any atom is -0.381 e. The lowest BCUT2D eigenvalue weighted by atomic mass is 9.91. The van der Waals surface area contributed by atoms with Gasteiger partial charge in [0.1, 0.15) is 0 Å². The summed E-state index contributed by atoms with van der Waals surface area (Å²) in [5.74, 6) is -0.478. The lowest BCUT2D eigenvalue weighted by Gasteiger charge is -2.35. The molecule has 0 saturated carbocycles. The van der Waals surface area contributed by atoms with E-state index in [1.54, 1.807) is 24.3 Å². The van der Waals surface area contributed by atoms with Crippen molar-refractivity contribution in [1.82, 2.24) is 4.90 Å². The second kappa shape index (κ2) is 4.43. The summed E-state index contributed by atoms with van der Waals surface area (Å²) < 4.78 is 5.28. The Balaban J connectivity index is 1.84. The summed E-state index contributed by atoms with van der Waals surface area (Å²) in [7, 11) is 0. The van der Waals surface area contributed by atoms with Crippen LogP contribution in [-0.2, 0) is 4.74 Å². The Kier molecular flexibility index (Phi) is 2.88. The second-order valence-corrected chi connectivity index (χ2v) is 5.22. The third-order valence-corrected chi connectivity index (χ3v) is 3.84. The van der Waals surface area contributed by atoms with Gasteiger partial charge in [-0.05, 0) is 25.0 Å². The Morgan fingerprint density at radius 3 is 2.16 bits per heavy atom.